The van der Waals surface area contributed by atoms with E-state index >= 15 is 0 Å². The van der Waals surface area contributed by atoms with E-state index < -0.39 is 0 Å². The van der Waals surface area contributed by atoms with Gasteiger partial charge in [-0.2, -0.15) is 0 Å². The summed E-state index contributed by atoms with van der Waals surface area (Å²) in [6.45, 7) is 4.84. The van der Waals surface area contributed by atoms with Gasteiger partial charge >= 0.3 is 0 Å². The van der Waals surface area contributed by atoms with Crippen LogP contribution in [0.1, 0.15) is 36.5 Å². The van der Waals surface area contributed by atoms with Crippen LogP contribution in [-0.4, -0.2) is 72.3 Å². The number of carbonyl (C=O) groups excluding carboxylic acids is 3. The van der Waals surface area contributed by atoms with Crippen LogP contribution in [0.15, 0.2) is 42.5 Å². The van der Waals surface area contributed by atoms with Gasteiger partial charge in [-0.25, -0.2) is 0 Å². The summed E-state index contributed by atoms with van der Waals surface area (Å²) in [4.78, 5) is 41.1. The molecule has 2 N–H and O–H groups in total. The fourth-order valence-corrected chi connectivity index (χ4v) is 3.95. The maximum absolute atomic E-state index is 12.5. The highest BCUT2D eigenvalue weighted by atomic mass is 16.2. The zero-order chi connectivity index (χ0) is 21.8. The Hall–Kier alpha value is -2.93. The monoisotopic (exact) mass is 422 g/mol. The number of hydrogen-bond acceptors (Lipinski definition) is 4. The third kappa shape index (κ3) is 5.41. The molecule has 1 saturated carbocycles. The molecule has 0 spiro atoms. The number of piperazine rings is 1. The average molecular weight is 423 g/mol. The number of nitrogens with one attached hydrogen (secondary N) is 2. The Bertz CT molecular complexity index is 964. The molecule has 2 fully saturated rings. The van der Waals surface area contributed by atoms with Gasteiger partial charge in [0.25, 0.3) is 5.91 Å². The molecular formula is C24H30N4O3. The first-order valence-corrected chi connectivity index (χ1v) is 11.1. The van der Waals surface area contributed by atoms with Gasteiger partial charge in [0, 0.05) is 50.7 Å². The molecule has 1 aliphatic heterocycles. The van der Waals surface area contributed by atoms with Gasteiger partial charge in [-0.1, -0.05) is 30.3 Å². The fourth-order valence-electron chi connectivity index (χ4n) is 3.95. The van der Waals surface area contributed by atoms with Crippen LogP contribution < -0.4 is 10.6 Å². The van der Waals surface area contributed by atoms with Crippen LogP contribution in [-0.2, 0) is 9.59 Å². The first-order chi connectivity index (χ1) is 15.0. The highest BCUT2D eigenvalue weighted by Gasteiger charge is 2.30. The van der Waals surface area contributed by atoms with Crippen molar-refractivity contribution in [2.75, 3.05) is 32.7 Å². The molecule has 0 aromatic heterocycles. The van der Waals surface area contributed by atoms with Crippen molar-refractivity contribution in [3.8, 4) is 0 Å². The van der Waals surface area contributed by atoms with Crippen LogP contribution >= 0.6 is 0 Å². The number of carbonyl (C=O) groups is 3. The average Bonchev–Trinajstić information content (AvgIpc) is 3.62. The molecule has 7 nitrogen and oxygen atoms in total. The van der Waals surface area contributed by atoms with Gasteiger partial charge in [0.15, 0.2) is 0 Å². The normalized spacial score (nSPS) is 17.9. The van der Waals surface area contributed by atoms with Gasteiger partial charge in [-0.05, 0) is 42.7 Å². The summed E-state index contributed by atoms with van der Waals surface area (Å²) in [7, 11) is 0. The molecule has 2 aromatic rings. The SMILES string of the molecule is CC(C(=O)NC1CC1)N1CCN(C(=O)CCNC(=O)c2ccc3ccccc3c2)CC1. The van der Waals surface area contributed by atoms with Gasteiger partial charge < -0.3 is 15.5 Å². The van der Waals surface area contributed by atoms with E-state index in [1.807, 2.05) is 48.2 Å². The first kappa shape index (κ1) is 21.3. The summed E-state index contributed by atoms with van der Waals surface area (Å²) in [5, 5.41) is 8.00. The highest BCUT2D eigenvalue weighted by Crippen LogP contribution is 2.19. The third-order valence-corrected chi connectivity index (χ3v) is 6.15. The molecule has 0 bridgehead atoms. The summed E-state index contributed by atoms with van der Waals surface area (Å²) in [5.74, 6) is -0.0499. The number of rotatable bonds is 7. The molecule has 3 amide bonds. The van der Waals surface area contributed by atoms with Crippen LogP contribution in [0.5, 0.6) is 0 Å². The lowest BCUT2D eigenvalue weighted by atomic mass is 10.1. The van der Waals surface area contributed by atoms with E-state index in [2.05, 4.69) is 15.5 Å². The minimum Gasteiger partial charge on any atom is -0.352 e. The van der Waals surface area contributed by atoms with E-state index in [0.29, 0.717) is 44.3 Å². The number of fused-ring (bicyclic) bond motifs is 1. The Labute approximate surface area is 182 Å². The van der Waals surface area contributed by atoms with E-state index in [1.165, 1.54) is 0 Å². The molecule has 1 unspecified atom stereocenters. The number of amides is 3. The second kappa shape index (κ2) is 9.47. The van der Waals surface area contributed by atoms with Crippen molar-refractivity contribution in [2.45, 2.75) is 38.3 Å². The maximum Gasteiger partial charge on any atom is 0.251 e. The number of benzene rings is 2. The molecular weight excluding hydrogens is 392 g/mol. The van der Waals surface area contributed by atoms with Gasteiger partial charge in [0.1, 0.15) is 0 Å². The molecule has 31 heavy (non-hydrogen) atoms. The van der Waals surface area contributed by atoms with Crippen molar-refractivity contribution in [3.63, 3.8) is 0 Å². The van der Waals surface area contributed by atoms with Gasteiger partial charge in [-0.15, -0.1) is 0 Å². The van der Waals surface area contributed by atoms with E-state index in [-0.39, 0.29) is 30.2 Å². The van der Waals surface area contributed by atoms with Crippen LogP contribution in [0, 0.1) is 0 Å². The van der Waals surface area contributed by atoms with Crippen LogP contribution in [0.3, 0.4) is 0 Å². The van der Waals surface area contributed by atoms with Crippen LogP contribution in [0.25, 0.3) is 10.8 Å². The zero-order valence-corrected chi connectivity index (χ0v) is 18.0. The van der Waals surface area contributed by atoms with Crippen molar-refractivity contribution >= 4 is 28.5 Å². The topological polar surface area (TPSA) is 81.8 Å². The van der Waals surface area contributed by atoms with Crippen molar-refractivity contribution in [1.29, 1.82) is 0 Å². The van der Waals surface area contributed by atoms with Crippen molar-refractivity contribution in [1.82, 2.24) is 20.4 Å². The quantitative estimate of drug-likeness (QED) is 0.713. The fraction of sp³-hybridized carbons (Fsp3) is 0.458. The van der Waals surface area contributed by atoms with E-state index in [4.69, 9.17) is 0 Å². The largest absolute Gasteiger partial charge is 0.352 e. The molecule has 1 atom stereocenters. The van der Waals surface area contributed by atoms with Gasteiger partial charge in [-0.3, -0.25) is 19.3 Å². The second-order valence-corrected chi connectivity index (χ2v) is 8.44. The van der Waals surface area contributed by atoms with Gasteiger partial charge in [0.2, 0.25) is 11.8 Å². The molecule has 4 rings (SSSR count). The predicted octanol–water partition coefficient (Wildman–Crippen LogP) is 1.77. The first-order valence-electron chi connectivity index (χ1n) is 11.1. The Morgan fingerprint density at radius 1 is 1.00 bits per heavy atom. The molecule has 0 radical (unpaired) electrons. The van der Waals surface area contributed by atoms with Crippen molar-refractivity contribution in [3.05, 3.63) is 48.0 Å². The summed E-state index contributed by atoms with van der Waals surface area (Å²) in [6, 6.07) is 13.7. The predicted molar refractivity (Wildman–Crippen MR) is 120 cm³/mol. The summed E-state index contributed by atoms with van der Waals surface area (Å²) < 4.78 is 0. The lowest BCUT2D eigenvalue weighted by Gasteiger charge is -2.37. The van der Waals surface area contributed by atoms with Crippen LogP contribution in [0.2, 0.25) is 0 Å². The summed E-state index contributed by atoms with van der Waals surface area (Å²) in [5.41, 5.74) is 0.596. The third-order valence-electron chi connectivity index (χ3n) is 6.15. The van der Waals surface area contributed by atoms with Gasteiger partial charge in [0.05, 0.1) is 6.04 Å². The maximum atomic E-state index is 12.5. The second-order valence-electron chi connectivity index (χ2n) is 8.44. The lowest BCUT2D eigenvalue weighted by Crippen LogP contribution is -2.55. The van der Waals surface area contributed by atoms with Crippen molar-refractivity contribution < 1.29 is 14.4 Å². The number of hydrogen-bond donors (Lipinski definition) is 2. The Kier molecular flexibility index (Phi) is 6.51. The van der Waals surface area contributed by atoms with E-state index in [9.17, 15) is 14.4 Å². The Balaban J connectivity index is 1.19. The van der Waals surface area contributed by atoms with E-state index in [0.717, 1.165) is 23.6 Å². The van der Waals surface area contributed by atoms with Crippen LogP contribution in [0.4, 0.5) is 0 Å². The standard InChI is InChI=1S/C24H30N4O3/c1-17(23(30)26-21-8-9-21)27-12-14-28(15-13-27)22(29)10-11-25-24(31)20-7-6-18-4-2-3-5-19(18)16-20/h2-7,16-17,21H,8-15H2,1H3,(H,25,31)(H,26,30). The molecule has 164 valence electrons. The summed E-state index contributed by atoms with van der Waals surface area (Å²) in [6.07, 6.45) is 2.44. The smallest absolute Gasteiger partial charge is 0.251 e. The minimum absolute atomic E-state index is 0.0357. The molecule has 1 aliphatic carbocycles. The molecule has 1 saturated heterocycles. The molecule has 7 heteroatoms. The summed E-state index contributed by atoms with van der Waals surface area (Å²) >= 11 is 0. The van der Waals surface area contributed by atoms with Crippen molar-refractivity contribution in [2.24, 2.45) is 0 Å². The Morgan fingerprint density at radius 2 is 1.71 bits per heavy atom. The minimum atomic E-state index is -0.168. The molecule has 2 aliphatic rings. The Morgan fingerprint density at radius 3 is 2.42 bits per heavy atom. The molecule has 2 aromatic carbocycles. The molecule has 1 heterocycles. The van der Waals surface area contributed by atoms with E-state index in [1.54, 1.807) is 6.07 Å². The zero-order valence-electron chi connectivity index (χ0n) is 18.0. The lowest BCUT2D eigenvalue weighted by molar-refractivity contribution is -0.134. The number of nitrogens with zero attached hydrogens (tertiary/aromatic N) is 2. The highest BCUT2D eigenvalue weighted by molar-refractivity contribution is 5.98.